The van der Waals surface area contributed by atoms with Gasteiger partial charge in [0.15, 0.2) is 0 Å². The van der Waals surface area contributed by atoms with Crippen molar-refractivity contribution in [2.75, 3.05) is 27.4 Å². The summed E-state index contributed by atoms with van der Waals surface area (Å²) in [5.41, 5.74) is 5.29. The summed E-state index contributed by atoms with van der Waals surface area (Å²) in [5.74, 6) is 0. The fourth-order valence-electron chi connectivity index (χ4n) is 3.62. The molecule has 1 aromatic rings. The summed E-state index contributed by atoms with van der Waals surface area (Å²) < 4.78 is 10.6. The van der Waals surface area contributed by atoms with Crippen LogP contribution in [0.25, 0.3) is 6.08 Å². The largest absolute Gasteiger partial charge is 0.364 e. The van der Waals surface area contributed by atoms with Gasteiger partial charge in [0.1, 0.15) is 0 Å². The molecule has 1 aliphatic carbocycles. The Morgan fingerprint density at radius 1 is 1.27 bits per heavy atom. The Bertz CT molecular complexity index is 905. The second-order valence-corrected chi connectivity index (χ2v) is 8.91. The number of allylic oxidation sites excluding steroid dienone is 8. The molecule has 0 fully saturated rings. The minimum atomic E-state index is -0.355. The first-order chi connectivity index (χ1) is 14.2. The first kappa shape index (κ1) is 23.9. The van der Waals surface area contributed by atoms with Gasteiger partial charge in [0, 0.05) is 0 Å². The number of hydrogen-bond donors (Lipinski definition) is 1. The molecule has 0 radical (unpaired) electrons. The minimum Gasteiger partial charge on any atom is -0.362 e. The zero-order valence-corrected chi connectivity index (χ0v) is 19.2. The molecular formula is C25H36N2O3. The van der Waals surface area contributed by atoms with Crippen LogP contribution in [-0.2, 0) is 4.74 Å². The molecule has 1 heterocycles. The Balaban J connectivity index is 2.09. The van der Waals surface area contributed by atoms with Crippen molar-refractivity contribution in [1.82, 2.24) is 10.1 Å². The molecule has 30 heavy (non-hydrogen) atoms. The molecule has 2 rings (SSSR count). The first-order valence-corrected chi connectivity index (χ1v) is 10.5. The van der Waals surface area contributed by atoms with Crippen LogP contribution in [0.4, 0.5) is 0 Å². The first-order valence-electron chi connectivity index (χ1n) is 10.5. The summed E-state index contributed by atoms with van der Waals surface area (Å²) in [6.45, 7) is 10.0. The maximum absolute atomic E-state index is 11.4. The number of nitrogens with zero attached hydrogens (tertiary/aromatic N) is 1. The molecule has 0 unspecified atom stereocenters. The van der Waals surface area contributed by atoms with E-state index in [-0.39, 0.29) is 11.0 Å². The van der Waals surface area contributed by atoms with E-state index in [4.69, 9.17) is 4.74 Å². The number of ether oxygens (including phenoxy) is 1. The lowest BCUT2D eigenvalue weighted by Gasteiger charge is -2.34. The summed E-state index contributed by atoms with van der Waals surface area (Å²) in [7, 11) is 4.04. The highest BCUT2D eigenvalue weighted by Crippen LogP contribution is 2.41. The Labute approximate surface area is 180 Å². The Morgan fingerprint density at radius 3 is 2.70 bits per heavy atom. The fourth-order valence-corrected chi connectivity index (χ4v) is 3.62. The highest BCUT2D eigenvalue weighted by molar-refractivity contribution is 5.53. The molecule has 1 aromatic heterocycles. The van der Waals surface area contributed by atoms with E-state index in [9.17, 15) is 4.79 Å². The van der Waals surface area contributed by atoms with Gasteiger partial charge in [-0.2, -0.15) is 0 Å². The Morgan fingerprint density at radius 2 is 2.03 bits per heavy atom. The molecule has 0 saturated carbocycles. The lowest BCUT2D eigenvalue weighted by atomic mass is 9.72. The van der Waals surface area contributed by atoms with E-state index in [2.05, 4.69) is 48.7 Å². The monoisotopic (exact) mass is 412 g/mol. The van der Waals surface area contributed by atoms with Gasteiger partial charge in [-0.3, -0.25) is 4.90 Å². The highest BCUT2D eigenvalue weighted by atomic mass is 16.5. The minimum absolute atomic E-state index is 0.165. The van der Waals surface area contributed by atoms with Crippen LogP contribution in [0.3, 0.4) is 0 Å². The second-order valence-electron chi connectivity index (χ2n) is 8.91. The molecule has 0 aliphatic heterocycles. The van der Waals surface area contributed by atoms with E-state index in [1.165, 1.54) is 29.6 Å². The van der Waals surface area contributed by atoms with Gasteiger partial charge < -0.3 is 9.26 Å². The van der Waals surface area contributed by atoms with Crippen molar-refractivity contribution in [2.45, 2.75) is 47.0 Å². The van der Waals surface area contributed by atoms with Crippen molar-refractivity contribution in [3.8, 4) is 0 Å². The molecule has 0 amide bonds. The third kappa shape index (κ3) is 7.47. The van der Waals surface area contributed by atoms with Gasteiger partial charge in [-0.1, -0.05) is 55.4 Å². The van der Waals surface area contributed by atoms with Gasteiger partial charge >= 0.3 is 5.63 Å². The second kappa shape index (κ2) is 11.1. The van der Waals surface area contributed by atoms with Gasteiger partial charge in [0.2, 0.25) is 0 Å². The summed E-state index contributed by atoms with van der Waals surface area (Å²) in [4.78, 5) is 13.5. The zero-order valence-electron chi connectivity index (χ0n) is 19.2. The predicted molar refractivity (Wildman–Crippen MR) is 124 cm³/mol. The third-order valence-electron chi connectivity index (χ3n) is 5.23. The van der Waals surface area contributed by atoms with E-state index in [0.717, 1.165) is 12.0 Å². The molecule has 0 bridgehead atoms. The van der Waals surface area contributed by atoms with Gasteiger partial charge in [-0.15, -0.1) is 0 Å². The SMILES string of the molecule is CC(/C=C/C1=C(COCN(C)C)CCCC1(C)C)=C\C=C\C(C)=C\c1c[nH]oc1=O. The molecule has 0 atom stereocenters. The molecule has 1 aliphatic rings. The van der Waals surface area contributed by atoms with Crippen molar-refractivity contribution in [2.24, 2.45) is 5.41 Å². The van der Waals surface area contributed by atoms with Gasteiger partial charge in [-0.25, -0.2) is 9.95 Å². The average molecular weight is 413 g/mol. The smallest absolute Gasteiger partial charge is 0.362 e. The number of nitrogens with one attached hydrogen (secondary N) is 1. The van der Waals surface area contributed by atoms with Crippen molar-refractivity contribution < 1.29 is 9.26 Å². The van der Waals surface area contributed by atoms with E-state index in [1.54, 1.807) is 12.3 Å². The summed E-state index contributed by atoms with van der Waals surface area (Å²) in [5, 5.41) is 2.46. The highest BCUT2D eigenvalue weighted by Gasteiger charge is 2.28. The van der Waals surface area contributed by atoms with E-state index in [0.29, 0.717) is 18.9 Å². The van der Waals surface area contributed by atoms with Crippen molar-refractivity contribution >= 4 is 6.08 Å². The standard InChI is InChI=1S/C25H36N2O3/c1-19(9-7-10-20(2)15-22-16-26-30-24(22)28)12-13-23-21(17-29-18-27(5)6)11-8-14-25(23,3)4/h7,9-10,12-13,15-16,26H,8,11,14,17-18H2,1-6H3/b10-7+,13-12+,19-9+,20-15+. The maximum Gasteiger partial charge on any atom is 0.364 e. The topological polar surface area (TPSA) is 58.5 Å². The summed E-state index contributed by atoms with van der Waals surface area (Å²) >= 11 is 0. The van der Waals surface area contributed by atoms with Gasteiger partial charge in [-0.05, 0) is 69.8 Å². The fraction of sp³-hybridized carbons (Fsp3) is 0.480. The molecule has 0 saturated heterocycles. The molecule has 164 valence electrons. The van der Waals surface area contributed by atoms with Crippen molar-refractivity contribution in [3.63, 3.8) is 0 Å². The predicted octanol–water partition coefficient (Wildman–Crippen LogP) is 5.47. The number of rotatable bonds is 9. The van der Waals surface area contributed by atoms with Crippen LogP contribution in [0.5, 0.6) is 0 Å². The number of hydrogen-bond acceptors (Lipinski definition) is 4. The van der Waals surface area contributed by atoms with E-state index >= 15 is 0 Å². The molecule has 0 spiro atoms. The summed E-state index contributed by atoms with van der Waals surface area (Å²) in [6, 6.07) is 0. The number of aromatic amines is 1. The molecule has 0 aromatic carbocycles. The molecule has 5 heteroatoms. The summed E-state index contributed by atoms with van der Waals surface area (Å²) in [6.07, 6.45) is 17.4. The van der Waals surface area contributed by atoms with Gasteiger partial charge in [0.25, 0.3) is 0 Å². The molecule has 1 N–H and O–H groups in total. The quantitative estimate of drug-likeness (QED) is 0.431. The van der Waals surface area contributed by atoms with Crippen LogP contribution in [0.2, 0.25) is 0 Å². The van der Waals surface area contributed by atoms with E-state index < -0.39 is 0 Å². The van der Waals surface area contributed by atoms with E-state index in [1.807, 2.05) is 38.1 Å². The Hall–Kier alpha value is -2.37. The van der Waals surface area contributed by atoms with Crippen LogP contribution >= 0.6 is 0 Å². The third-order valence-corrected chi connectivity index (χ3v) is 5.23. The lowest BCUT2D eigenvalue weighted by Crippen LogP contribution is -2.23. The Kier molecular flexibility index (Phi) is 8.88. The van der Waals surface area contributed by atoms with Crippen molar-refractivity contribution in [1.29, 1.82) is 0 Å². The normalized spacial score (nSPS) is 18.4. The maximum atomic E-state index is 11.4. The van der Waals surface area contributed by atoms with Crippen LogP contribution in [0.1, 0.15) is 52.5 Å². The van der Waals surface area contributed by atoms with Crippen LogP contribution in [-0.4, -0.2) is 37.5 Å². The number of H-pyrrole nitrogens is 1. The molecular weight excluding hydrogens is 376 g/mol. The van der Waals surface area contributed by atoms with Crippen LogP contribution in [0, 0.1) is 5.41 Å². The van der Waals surface area contributed by atoms with Gasteiger partial charge in [0.05, 0.1) is 25.1 Å². The lowest BCUT2D eigenvalue weighted by molar-refractivity contribution is 0.0678. The van der Waals surface area contributed by atoms with Crippen molar-refractivity contribution in [3.05, 3.63) is 74.9 Å². The zero-order chi connectivity index (χ0) is 22.1. The molecule has 5 nitrogen and oxygen atoms in total. The van der Waals surface area contributed by atoms with Crippen LogP contribution in [0.15, 0.2) is 68.2 Å². The van der Waals surface area contributed by atoms with Crippen LogP contribution < -0.4 is 5.63 Å². The average Bonchev–Trinajstić information content (AvgIpc) is 3.05. The number of aromatic nitrogens is 1.